The maximum Gasteiger partial charge on any atom is 0.270 e. The van der Waals surface area contributed by atoms with Crippen LogP contribution in [-0.2, 0) is 6.42 Å². The number of benzene rings is 1. The third-order valence-corrected chi connectivity index (χ3v) is 3.50. The molecule has 0 spiro atoms. The van der Waals surface area contributed by atoms with E-state index in [1.54, 1.807) is 17.5 Å². The molecule has 112 valence electrons. The summed E-state index contributed by atoms with van der Waals surface area (Å²) in [5, 5.41) is 5.24. The normalized spacial score (nSPS) is 10.4. The lowest BCUT2D eigenvalue weighted by Crippen LogP contribution is -2.28. The summed E-state index contributed by atoms with van der Waals surface area (Å²) >= 11 is 1.42. The molecule has 0 aliphatic carbocycles. The number of ether oxygens (including phenoxy) is 1. The van der Waals surface area contributed by atoms with Crippen LogP contribution < -0.4 is 15.8 Å². The first-order chi connectivity index (χ1) is 10.2. The van der Waals surface area contributed by atoms with Crippen molar-refractivity contribution in [3.63, 3.8) is 0 Å². The second-order valence-electron chi connectivity index (χ2n) is 4.23. The summed E-state index contributed by atoms with van der Waals surface area (Å²) in [7, 11) is 0. The van der Waals surface area contributed by atoms with Crippen LogP contribution in [0.25, 0.3) is 0 Å². The fraction of sp³-hybridized carbons (Fsp3) is 0.286. The molecule has 1 aromatic carbocycles. The Hall–Kier alpha value is -1.99. The smallest absolute Gasteiger partial charge is 0.270 e. The minimum Gasteiger partial charge on any atom is -0.492 e. The highest BCUT2D eigenvalue weighted by atomic mass is 32.1. The lowest BCUT2D eigenvalue weighted by Gasteiger charge is -2.06. The first-order valence-corrected chi connectivity index (χ1v) is 7.38. The summed E-state index contributed by atoms with van der Waals surface area (Å²) in [6.07, 6.45) is 0.667. The Morgan fingerprint density at radius 1 is 1.48 bits per heavy atom. The molecule has 0 radical (unpaired) electrons. The van der Waals surface area contributed by atoms with Gasteiger partial charge in [-0.2, -0.15) is 0 Å². The van der Waals surface area contributed by atoms with Crippen molar-refractivity contribution in [3.05, 3.63) is 46.2 Å². The van der Waals surface area contributed by atoms with Gasteiger partial charge in [0.05, 0.1) is 11.6 Å². The molecule has 1 amide bonds. The number of thiazole rings is 1. The largest absolute Gasteiger partial charge is 0.492 e. The molecule has 0 bridgehead atoms. The second kappa shape index (κ2) is 7.70. The molecule has 0 atom stereocenters. The summed E-state index contributed by atoms with van der Waals surface area (Å²) in [6, 6.07) is 5.86. The van der Waals surface area contributed by atoms with Gasteiger partial charge in [0.2, 0.25) is 0 Å². The van der Waals surface area contributed by atoms with Crippen molar-refractivity contribution in [1.82, 2.24) is 10.3 Å². The Kier molecular flexibility index (Phi) is 5.65. The molecule has 0 unspecified atom stereocenters. The monoisotopic (exact) mass is 309 g/mol. The molecule has 1 heterocycles. The van der Waals surface area contributed by atoms with E-state index in [2.05, 4.69) is 10.3 Å². The van der Waals surface area contributed by atoms with E-state index in [0.717, 1.165) is 5.01 Å². The van der Waals surface area contributed by atoms with Gasteiger partial charge in [-0.05, 0) is 18.7 Å². The van der Waals surface area contributed by atoms with Crippen molar-refractivity contribution in [2.45, 2.75) is 6.42 Å². The molecule has 3 N–H and O–H groups in total. The molecule has 0 saturated heterocycles. The molecule has 2 aromatic rings. The Balaban J connectivity index is 1.73. The molecular formula is C14H16FN3O2S. The van der Waals surface area contributed by atoms with Crippen LogP contribution in [0.1, 0.15) is 15.5 Å². The fourth-order valence-electron chi connectivity index (χ4n) is 1.63. The number of carbonyl (C=O) groups excluding carboxylic acids is 1. The van der Waals surface area contributed by atoms with E-state index in [1.807, 2.05) is 0 Å². The van der Waals surface area contributed by atoms with Crippen LogP contribution in [-0.4, -0.2) is 30.6 Å². The number of hydrogen-bond donors (Lipinski definition) is 2. The molecule has 2 rings (SSSR count). The molecule has 0 fully saturated rings. The average molecular weight is 309 g/mol. The number of nitrogens with zero attached hydrogens (tertiary/aromatic N) is 1. The van der Waals surface area contributed by atoms with Gasteiger partial charge >= 0.3 is 0 Å². The van der Waals surface area contributed by atoms with Crippen LogP contribution >= 0.6 is 11.3 Å². The fourth-order valence-corrected chi connectivity index (χ4v) is 2.43. The van der Waals surface area contributed by atoms with Crippen LogP contribution in [0.3, 0.4) is 0 Å². The summed E-state index contributed by atoms with van der Waals surface area (Å²) in [5.41, 5.74) is 5.82. The number of aromatic nitrogens is 1. The number of hydrogen-bond acceptors (Lipinski definition) is 5. The van der Waals surface area contributed by atoms with Gasteiger partial charge in [-0.25, -0.2) is 9.37 Å². The Morgan fingerprint density at radius 2 is 2.33 bits per heavy atom. The van der Waals surface area contributed by atoms with Crippen molar-refractivity contribution in [2.75, 3.05) is 19.7 Å². The lowest BCUT2D eigenvalue weighted by atomic mass is 10.3. The van der Waals surface area contributed by atoms with Gasteiger partial charge in [0, 0.05) is 17.9 Å². The Labute approximate surface area is 126 Å². The number of halogens is 1. The average Bonchev–Trinajstić information content (AvgIpc) is 2.93. The molecule has 5 nitrogen and oxygen atoms in total. The van der Waals surface area contributed by atoms with Crippen molar-refractivity contribution in [3.8, 4) is 5.75 Å². The summed E-state index contributed by atoms with van der Waals surface area (Å²) in [6.45, 7) is 1.09. The minimum absolute atomic E-state index is 0.252. The van der Waals surface area contributed by atoms with Gasteiger partial charge in [-0.3, -0.25) is 4.79 Å². The predicted octanol–water partition coefficient (Wildman–Crippen LogP) is 1.59. The van der Waals surface area contributed by atoms with Crippen LogP contribution in [0.5, 0.6) is 5.75 Å². The zero-order valence-electron chi connectivity index (χ0n) is 11.3. The molecule has 7 heteroatoms. The van der Waals surface area contributed by atoms with Gasteiger partial charge in [0.1, 0.15) is 23.9 Å². The van der Waals surface area contributed by atoms with E-state index in [4.69, 9.17) is 10.5 Å². The molecule has 0 saturated carbocycles. The predicted molar refractivity (Wildman–Crippen MR) is 79.1 cm³/mol. The third-order valence-electron chi connectivity index (χ3n) is 2.60. The van der Waals surface area contributed by atoms with Crippen molar-refractivity contribution in [1.29, 1.82) is 0 Å². The van der Waals surface area contributed by atoms with Gasteiger partial charge in [-0.15, -0.1) is 11.3 Å². The number of carbonyl (C=O) groups is 1. The first kappa shape index (κ1) is 15.4. The zero-order chi connectivity index (χ0) is 15.1. The van der Waals surface area contributed by atoms with E-state index in [1.165, 1.54) is 23.5 Å². The van der Waals surface area contributed by atoms with Crippen LogP contribution in [0.15, 0.2) is 29.6 Å². The molecular weight excluding hydrogens is 293 g/mol. The number of nitrogens with two attached hydrogens (primary N) is 1. The first-order valence-electron chi connectivity index (χ1n) is 6.50. The van der Waals surface area contributed by atoms with Crippen molar-refractivity contribution >= 4 is 17.2 Å². The van der Waals surface area contributed by atoms with Crippen LogP contribution in [0, 0.1) is 5.82 Å². The van der Waals surface area contributed by atoms with E-state index in [-0.39, 0.29) is 18.3 Å². The van der Waals surface area contributed by atoms with E-state index >= 15 is 0 Å². The van der Waals surface area contributed by atoms with Gasteiger partial charge in [-0.1, -0.05) is 6.07 Å². The topological polar surface area (TPSA) is 77.2 Å². The Morgan fingerprint density at radius 3 is 3.10 bits per heavy atom. The van der Waals surface area contributed by atoms with Gasteiger partial charge < -0.3 is 15.8 Å². The van der Waals surface area contributed by atoms with Crippen molar-refractivity contribution in [2.24, 2.45) is 5.73 Å². The standard InChI is InChI=1S/C14H16FN3O2S/c15-10-2-1-3-11(8-10)20-7-6-17-14(19)12-9-21-13(18-12)4-5-16/h1-3,8-9H,4-7,16H2,(H,17,19). The van der Waals surface area contributed by atoms with Gasteiger partial charge in [0.25, 0.3) is 5.91 Å². The Bertz CT molecular complexity index is 603. The van der Waals surface area contributed by atoms with E-state index in [9.17, 15) is 9.18 Å². The number of nitrogens with one attached hydrogen (secondary N) is 1. The summed E-state index contributed by atoms with van der Waals surface area (Å²) < 4.78 is 18.3. The zero-order valence-corrected chi connectivity index (χ0v) is 12.2. The highest BCUT2D eigenvalue weighted by molar-refractivity contribution is 7.09. The highest BCUT2D eigenvalue weighted by Gasteiger charge is 2.09. The number of rotatable bonds is 7. The van der Waals surface area contributed by atoms with Crippen LogP contribution in [0.2, 0.25) is 0 Å². The molecule has 0 aliphatic heterocycles. The molecule has 1 aromatic heterocycles. The summed E-state index contributed by atoms with van der Waals surface area (Å²) in [4.78, 5) is 16.0. The van der Waals surface area contributed by atoms with Crippen molar-refractivity contribution < 1.29 is 13.9 Å². The minimum atomic E-state index is -0.355. The van der Waals surface area contributed by atoms with Crippen LogP contribution in [0.4, 0.5) is 4.39 Å². The maximum atomic E-state index is 12.9. The van der Waals surface area contributed by atoms with E-state index in [0.29, 0.717) is 31.0 Å². The third kappa shape index (κ3) is 4.80. The highest BCUT2D eigenvalue weighted by Crippen LogP contribution is 2.12. The maximum absolute atomic E-state index is 12.9. The SMILES string of the molecule is NCCc1nc(C(=O)NCCOc2cccc(F)c2)cs1. The summed E-state index contributed by atoms with van der Waals surface area (Å²) in [5.74, 6) is -0.174. The second-order valence-corrected chi connectivity index (χ2v) is 5.17. The molecule has 0 aliphatic rings. The lowest BCUT2D eigenvalue weighted by molar-refractivity contribution is 0.0942. The molecule has 21 heavy (non-hydrogen) atoms. The van der Waals surface area contributed by atoms with Gasteiger partial charge in [0.15, 0.2) is 0 Å². The quantitative estimate of drug-likeness (QED) is 0.762. The van der Waals surface area contributed by atoms with E-state index < -0.39 is 0 Å². The number of amides is 1.